The fourth-order valence-corrected chi connectivity index (χ4v) is 3.91. The average Bonchev–Trinajstić information content (AvgIpc) is 3.30. The third-order valence-electron chi connectivity index (χ3n) is 4.64. The molecule has 130 valence electrons. The van der Waals surface area contributed by atoms with Crippen molar-refractivity contribution in [2.24, 2.45) is 0 Å². The molecule has 5 rings (SSSR count). The van der Waals surface area contributed by atoms with Crippen LogP contribution in [0, 0.1) is 0 Å². The van der Waals surface area contributed by atoms with Gasteiger partial charge in [-0.2, -0.15) is 0 Å². The van der Waals surface area contributed by atoms with Crippen molar-refractivity contribution in [1.29, 1.82) is 0 Å². The number of pyridine rings is 1. The predicted octanol–water partition coefficient (Wildman–Crippen LogP) is 4.14. The van der Waals surface area contributed by atoms with Crippen LogP contribution in [0.3, 0.4) is 0 Å². The van der Waals surface area contributed by atoms with E-state index in [1.807, 2.05) is 16.9 Å². The van der Waals surface area contributed by atoms with Crippen molar-refractivity contribution in [2.75, 3.05) is 0 Å². The predicted molar refractivity (Wildman–Crippen MR) is 102 cm³/mol. The molecule has 0 atom stereocenters. The van der Waals surface area contributed by atoms with Gasteiger partial charge in [-0.25, -0.2) is 9.67 Å². The van der Waals surface area contributed by atoms with Gasteiger partial charge in [0.1, 0.15) is 10.7 Å². The molecule has 3 heterocycles. The second kappa shape index (κ2) is 6.61. The molecule has 1 aliphatic rings. The number of hydrogen-bond donors (Lipinski definition) is 0. The summed E-state index contributed by atoms with van der Waals surface area (Å²) < 4.78 is 3.99. The van der Waals surface area contributed by atoms with Crippen molar-refractivity contribution >= 4 is 17.4 Å². The van der Waals surface area contributed by atoms with Crippen molar-refractivity contribution < 1.29 is 0 Å². The molecule has 0 saturated heterocycles. The monoisotopic (exact) mass is 361 g/mol. The minimum absolute atomic E-state index is 0.638. The first-order valence-corrected chi connectivity index (χ1v) is 9.86. The maximum absolute atomic E-state index is 4.70. The largest absolute Gasteiger partial charge is 0.306 e. The minimum atomic E-state index is 0.638. The Kier molecular flexibility index (Phi) is 3.97. The molecular weight excluding hydrogens is 342 g/mol. The zero-order chi connectivity index (χ0) is 17.3. The van der Waals surface area contributed by atoms with E-state index < -0.39 is 0 Å². The van der Waals surface area contributed by atoms with E-state index in [4.69, 9.17) is 4.98 Å². The van der Waals surface area contributed by atoms with Crippen molar-refractivity contribution in [1.82, 2.24) is 24.4 Å². The Morgan fingerprint density at radius 2 is 1.88 bits per heavy atom. The van der Waals surface area contributed by atoms with E-state index in [1.54, 1.807) is 11.8 Å². The normalized spacial score (nSPS) is 14.2. The number of fused-ring (bicyclic) bond motifs is 1. The zero-order valence-corrected chi connectivity index (χ0v) is 15.1. The number of nitrogens with zero attached hydrogens (tertiary/aromatic N) is 5. The number of hydrogen-bond acceptors (Lipinski definition) is 4. The number of imidazole rings is 1. The standard InChI is InChI=1S/C20H19N5S/c1-2-4-15(5-3-1)14-26-20-13-25(23-22-20)12-18-11-24-10-17(16-6-7-16)8-9-19(24)21-18/h1-5,8-11,13,16H,6-7,12,14H2. The molecule has 4 aromatic rings. The number of aromatic nitrogens is 5. The summed E-state index contributed by atoms with van der Waals surface area (Å²) in [5.74, 6) is 1.66. The maximum atomic E-state index is 4.70. The average molecular weight is 361 g/mol. The maximum Gasteiger partial charge on any atom is 0.139 e. The van der Waals surface area contributed by atoms with Gasteiger partial charge in [-0.1, -0.05) is 53.4 Å². The summed E-state index contributed by atoms with van der Waals surface area (Å²) in [7, 11) is 0. The van der Waals surface area contributed by atoms with Crippen molar-refractivity contribution in [2.45, 2.75) is 36.1 Å². The fraction of sp³-hybridized carbons (Fsp3) is 0.250. The van der Waals surface area contributed by atoms with Gasteiger partial charge in [0.2, 0.25) is 0 Å². The molecule has 6 heteroatoms. The van der Waals surface area contributed by atoms with E-state index in [1.165, 1.54) is 24.0 Å². The van der Waals surface area contributed by atoms with E-state index in [0.29, 0.717) is 6.54 Å². The lowest BCUT2D eigenvalue weighted by molar-refractivity contribution is 0.640. The van der Waals surface area contributed by atoms with Crippen LogP contribution in [0.15, 0.2) is 66.1 Å². The van der Waals surface area contributed by atoms with Gasteiger partial charge in [0.15, 0.2) is 0 Å². The van der Waals surface area contributed by atoms with Gasteiger partial charge in [0, 0.05) is 18.1 Å². The van der Waals surface area contributed by atoms with Crippen LogP contribution < -0.4 is 0 Å². The molecule has 1 aliphatic carbocycles. The Hall–Kier alpha value is -2.60. The second-order valence-electron chi connectivity index (χ2n) is 6.76. The first-order chi connectivity index (χ1) is 12.8. The highest BCUT2D eigenvalue weighted by Crippen LogP contribution is 2.39. The Morgan fingerprint density at radius 1 is 1.00 bits per heavy atom. The van der Waals surface area contributed by atoms with Crippen LogP contribution in [0.1, 0.15) is 35.6 Å². The fourth-order valence-electron chi connectivity index (χ4n) is 3.12. The Bertz CT molecular complexity index is 1030. The quantitative estimate of drug-likeness (QED) is 0.484. The Labute approximate surface area is 156 Å². The van der Waals surface area contributed by atoms with Gasteiger partial charge in [-0.15, -0.1) is 5.10 Å². The molecule has 0 bridgehead atoms. The van der Waals surface area contributed by atoms with Gasteiger partial charge < -0.3 is 4.40 Å². The van der Waals surface area contributed by atoms with Gasteiger partial charge >= 0.3 is 0 Å². The molecule has 0 radical (unpaired) electrons. The molecule has 1 saturated carbocycles. The molecule has 0 N–H and O–H groups in total. The van der Waals surface area contributed by atoms with Crippen LogP contribution in [-0.4, -0.2) is 24.4 Å². The van der Waals surface area contributed by atoms with Crippen molar-refractivity contribution in [3.63, 3.8) is 0 Å². The van der Waals surface area contributed by atoms with E-state index in [-0.39, 0.29) is 0 Å². The Morgan fingerprint density at radius 3 is 2.73 bits per heavy atom. The lowest BCUT2D eigenvalue weighted by Gasteiger charge is -1.98. The van der Waals surface area contributed by atoms with Gasteiger partial charge in [0.25, 0.3) is 0 Å². The molecule has 0 aliphatic heterocycles. The first-order valence-electron chi connectivity index (χ1n) is 8.88. The van der Waals surface area contributed by atoms with Gasteiger partial charge in [-0.3, -0.25) is 0 Å². The van der Waals surface area contributed by atoms with Gasteiger partial charge in [-0.05, 0) is 36.0 Å². The summed E-state index contributed by atoms with van der Waals surface area (Å²) in [5, 5.41) is 9.45. The highest BCUT2D eigenvalue weighted by molar-refractivity contribution is 7.98. The number of benzene rings is 1. The number of rotatable bonds is 6. The summed E-state index contributed by atoms with van der Waals surface area (Å²) in [6.07, 6.45) is 8.93. The van der Waals surface area contributed by atoms with E-state index in [0.717, 1.165) is 28.0 Å². The van der Waals surface area contributed by atoms with Crippen LogP contribution in [0.5, 0.6) is 0 Å². The molecule has 3 aromatic heterocycles. The SMILES string of the molecule is c1ccc(CSc2cn(Cc3cn4cc(C5CC5)ccc4n3)nn2)cc1. The van der Waals surface area contributed by atoms with E-state index in [2.05, 4.69) is 63.5 Å². The molecular formula is C20H19N5S. The number of thioether (sulfide) groups is 1. The molecule has 1 aromatic carbocycles. The first kappa shape index (κ1) is 15.6. The van der Waals surface area contributed by atoms with Crippen LogP contribution in [0.25, 0.3) is 5.65 Å². The highest BCUT2D eigenvalue weighted by atomic mass is 32.2. The third kappa shape index (κ3) is 3.37. The molecule has 0 spiro atoms. The Balaban J connectivity index is 1.27. The molecule has 1 fully saturated rings. The molecule has 26 heavy (non-hydrogen) atoms. The van der Waals surface area contributed by atoms with Crippen LogP contribution in [0.2, 0.25) is 0 Å². The zero-order valence-electron chi connectivity index (χ0n) is 14.3. The second-order valence-corrected chi connectivity index (χ2v) is 7.76. The van der Waals surface area contributed by atoms with Gasteiger partial charge in [0.05, 0.1) is 18.4 Å². The molecule has 5 nitrogen and oxygen atoms in total. The third-order valence-corrected chi connectivity index (χ3v) is 5.60. The summed E-state index contributed by atoms with van der Waals surface area (Å²) in [6, 6.07) is 14.7. The van der Waals surface area contributed by atoms with Crippen molar-refractivity contribution in [3.05, 3.63) is 77.9 Å². The lowest BCUT2D eigenvalue weighted by atomic mass is 10.2. The minimum Gasteiger partial charge on any atom is -0.306 e. The molecule has 0 amide bonds. The van der Waals surface area contributed by atoms with E-state index >= 15 is 0 Å². The highest BCUT2D eigenvalue weighted by Gasteiger charge is 2.23. The van der Waals surface area contributed by atoms with E-state index in [9.17, 15) is 0 Å². The molecule has 0 unspecified atom stereocenters. The summed E-state index contributed by atoms with van der Waals surface area (Å²) in [4.78, 5) is 4.70. The summed E-state index contributed by atoms with van der Waals surface area (Å²) >= 11 is 1.70. The van der Waals surface area contributed by atoms with Crippen LogP contribution >= 0.6 is 11.8 Å². The summed E-state index contributed by atoms with van der Waals surface area (Å²) in [5.41, 5.74) is 4.70. The summed E-state index contributed by atoms with van der Waals surface area (Å²) in [6.45, 7) is 0.638. The lowest BCUT2D eigenvalue weighted by Crippen LogP contribution is -2.00. The van der Waals surface area contributed by atoms with Crippen LogP contribution in [-0.2, 0) is 12.3 Å². The van der Waals surface area contributed by atoms with Crippen molar-refractivity contribution in [3.8, 4) is 0 Å². The van der Waals surface area contributed by atoms with Crippen LogP contribution in [0.4, 0.5) is 0 Å². The smallest absolute Gasteiger partial charge is 0.139 e. The topological polar surface area (TPSA) is 48.0 Å².